The molecule has 0 aromatic heterocycles. The van der Waals surface area contributed by atoms with Crippen LogP contribution >= 0.6 is 15.9 Å². The van der Waals surface area contributed by atoms with Crippen LogP contribution in [-0.4, -0.2) is 40.4 Å². The number of benzene rings is 1. The third-order valence-electron chi connectivity index (χ3n) is 5.54. The zero-order valence-electron chi connectivity index (χ0n) is 12.7. The predicted molar refractivity (Wildman–Crippen MR) is 87.9 cm³/mol. The van der Waals surface area contributed by atoms with E-state index in [4.69, 9.17) is 0 Å². The van der Waals surface area contributed by atoms with Crippen molar-refractivity contribution in [1.29, 1.82) is 0 Å². The highest BCUT2D eigenvalue weighted by molar-refractivity contribution is 9.10. The molecule has 1 amide bonds. The molecule has 2 fully saturated rings. The normalized spacial score (nSPS) is 32.9. The lowest BCUT2D eigenvalue weighted by Gasteiger charge is -2.32. The van der Waals surface area contributed by atoms with E-state index in [1.165, 1.54) is 5.56 Å². The summed E-state index contributed by atoms with van der Waals surface area (Å²) >= 11 is 3.46. The van der Waals surface area contributed by atoms with Gasteiger partial charge in [0, 0.05) is 29.1 Å². The number of carboxylic acid groups (broad SMARTS) is 1. The van der Waals surface area contributed by atoms with Crippen molar-refractivity contribution in [2.24, 2.45) is 11.8 Å². The van der Waals surface area contributed by atoms with Gasteiger partial charge in [-0.15, -0.1) is 0 Å². The molecule has 1 aliphatic carbocycles. The SMILES string of the molecule is CCCCC1N(C(=O)O)CC2C(CO)C21c1ccc(Br)cc1. The Balaban J connectivity index is 1.99. The van der Waals surface area contributed by atoms with Crippen molar-refractivity contribution in [1.82, 2.24) is 4.90 Å². The molecule has 1 aromatic carbocycles. The number of piperidine rings is 1. The molecular weight excluding hydrogens is 346 g/mol. The second-order valence-corrected chi connectivity index (χ2v) is 7.34. The lowest BCUT2D eigenvalue weighted by Crippen LogP contribution is -2.44. The molecule has 1 heterocycles. The minimum absolute atomic E-state index is 0.0201. The Morgan fingerprint density at radius 2 is 2.09 bits per heavy atom. The van der Waals surface area contributed by atoms with Gasteiger partial charge in [0.2, 0.25) is 0 Å². The fraction of sp³-hybridized carbons (Fsp3) is 0.588. The highest BCUT2D eigenvalue weighted by atomic mass is 79.9. The summed E-state index contributed by atoms with van der Waals surface area (Å²) in [6, 6.07) is 8.16. The summed E-state index contributed by atoms with van der Waals surface area (Å²) in [6.45, 7) is 2.81. The van der Waals surface area contributed by atoms with Crippen LogP contribution in [0.15, 0.2) is 28.7 Å². The number of nitrogens with zero attached hydrogens (tertiary/aromatic N) is 1. The van der Waals surface area contributed by atoms with Gasteiger partial charge in [-0.1, -0.05) is 47.8 Å². The number of hydrogen-bond acceptors (Lipinski definition) is 2. The van der Waals surface area contributed by atoms with Crippen LogP contribution < -0.4 is 0 Å². The first-order valence-electron chi connectivity index (χ1n) is 7.93. The molecule has 0 spiro atoms. The second kappa shape index (κ2) is 5.85. The Hall–Kier alpha value is -1.07. The molecule has 4 nitrogen and oxygen atoms in total. The van der Waals surface area contributed by atoms with E-state index >= 15 is 0 Å². The van der Waals surface area contributed by atoms with Crippen molar-refractivity contribution in [3.63, 3.8) is 0 Å². The van der Waals surface area contributed by atoms with Crippen molar-refractivity contribution in [3.05, 3.63) is 34.3 Å². The van der Waals surface area contributed by atoms with Gasteiger partial charge in [0.25, 0.3) is 0 Å². The lowest BCUT2D eigenvalue weighted by atomic mass is 9.83. The van der Waals surface area contributed by atoms with Gasteiger partial charge in [0.05, 0.1) is 0 Å². The highest BCUT2D eigenvalue weighted by Crippen LogP contribution is 2.67. The molecule has 5 heteroatoms. The van der Waals surface area contributed by atoms with Crippen LogP contribution in [0.1, 0.15) is 31.7 Å². The van der Waals surface area contributed by atoms with Crippen LogP contribution in [0.4, 0.5) is 4.79 Å². The largest absolute Gasteiger partial charge is 0.465 e. The molecule has 22 heavy (non-hydrogen) atoms. The number of aliphatic hydroxyl groups is 1. The Labute approximate surface area is 139 Å². The summed E-state index contributed by atoms with van der Waals surface area (Å²) < 4.78 is 1.02. The fourth-order valence-electron chi connectivity index (χ4n) is 4.57. The molecule has 2 N–H and O–H groups in total. The number of unbranched alkanes of at least 4 members (excludes halogenated alkanes) is 1. The third kappa shape index (κ3) is 2.17. The standard InChI is InChI=1S/C17H22BrNO3/c1-2-3-4-15-17(11-5-7-12(18)8-6-11)13(14(17)10-20)9-19(15)16(21)22/h5-8,13-15,20H,2-4,9-10H2,1H3,(H,21,22). The van der Waals surface area contributed by atoms with Crippen molar-refractivity contribution < 1.29 is 15.0 Å². The summed E-state index contributed by atoms with van der Waals surface area (Å²) in [5.41, 5.74) is 0.979. The number of rotatable bonds is 5. The van der Waals surface area contributed by atoms with Crippen LogP contribution in [-0.2, 0) is 5.41 Å². The van der Waals surface area contributed by atoms with E-state index in [0.29, 0.717) is 6.54 Å². The first-order valence-corrected chi connectivity index (χ1v) is 8.73. The van der Waals surface area contributed by atoms with Gasteiger partial charge in [-0.05, 0) is 36.0 Å². The quantitative estimate of drug-likeness (QED) is 0.837. The van der Waals surface area contributed by atoms with Crippen molar-refractivity contribution >= 4 is 22.0 Å². The summed E-state index contributed by atoms with van der Waals surface area (Å²) in [6.07, 6.45) is 2.10. The second-order valence-electron chi connectivity index (χ2n) is 6.43. The van der Waals surface area contributed by atoms with Gasteiger partial charge >= 0.3 is 6.09 Å². The first kappa shape index (κ1) is 15.8. The van der Waals surface area contributed by atoms with Gasteiger partial charge in [0.15, 0.2) is 0 Å². The summed E-state index contributed by atoms with van der Waals surface area (Å²) in [4.78, 5) is 13.2. The van der Waals surface area contributed by atoms with Gasteiger partial charge in [-0.3, -0.25) is 0 Å². The Kier molecular flexibility index (Phi) is 4.21. The Morgan fingerprint density at radius 1 is 1.41 bits per heavy atom. The van der Waals surface area contributed by atoms with Gasteiger partial charge in [-0.25, -0.2) is 4.79 Å². The molecule has 2 aliphatic rings. The first-order chi connectivity index (χ1) is 10.6. The van der Waals surface area contributed by atoms with E-state index in [0.717, 1.165) is 23.7 Å². The third-order valence-corrected chi connectivity index (χ3v) is 6.07. The Bertz CT molecular complexity index is 562. The topological polar surface area (TPSA) is 60.8 Å². The highest BCUT2D eigenvalue weighted by Gasteiger charge is 2.74. The maximum Gasteiger partial charge on any atom is 0.407 e. The van der Waals surface area contributed by atoms with Crippen LogP contribution in [0.25, 0.3) is 0 Å². The van der Waals surface area contributed by atoms with Crippen molar-refractivity contribution in [2.45, 2.75) is 37.6 Å². The van der Waals surface area contributed by atoms with E-state index in [-0.39, 0.29) is 29.9 Å². The molecule has 3 rings (SSSR count). The minimum atomic E-state index is -0.832. The van der Waals surface area contributed by atoms with E-state index in [2.05, 4.69) is 35.0 Å². The number of carbonyl (C=O) groups is 1. The Morgan fingerprint density at radius 3 is 2.64 bits per heavy atom. The van der Waals surface area contributed by atoms with E-state index < -0.39 is 6.09 Å². The molecule has 1 aliphatic heterocycles. The van der Waals surface area contributed by atoms with E-state index in [1.807, 2.05) is 12.1 Å². The summed E-state index contributed by atoms with van der Waals surface area (Å²) in [7, 11) is 0. The number of likely N-dealkylation sites (tertiary alicyclic amines) is 1. The molecule has 120 valence electrons. The van der Waals surface area contributed by atoms with Crippen LogP contribution in [0, 0.1) is 11.8 Å². The maximum atomic E-state index is 11.6. The number of hydrogen-bond donors (Lipinski definition) is 2. The zero-order valence-corrected chi connectivity index (χ0v) is 14.3. The smallest absolute Gasteiger partial charge is 0.407 e. The summed E-state index contributed by atoms with van der Waals surface area (Å²) in [5, 5.41) is 19.3. The molecular formula is C17H22BrNO3. The van der Waals surface area contributed by atoms with E-state index in [1.54, 1.807) is 4.90 Å². The van der Waals surface area contributed by atoms with E-state index in [9.17, 15) is 15.0 Å². The molecule has 1 aromatic rings. The summed E-state index contributed by atoms with van der Waals surface area (Å²) in [5.74, 6) is 0.433. The molecule has 0 bridgehead atoms. The molecule has 4 unspecified atom stereocenters. The zero-order chi connectivity index (χ0) is 15.9. The minimum Gasteiger partial charge on any atom is -0.465 e. The monoisotopic (exact) mass is 367 g/mol. The van der Waals surface area contributed by atoms with Crippen molar-refractivity contribution in [3.8, 4) is 0 Å². The predicted octanol–water partition coefficient (Wildman–Crippen LogP) is 3.48. The van der Waals surface area contributed by atoms with Crippen LogP contribution in [0.3, 0.4) is 0 Å². The van der Waals surface area contributed by atoms with Crippen molar-refractivity contribution in [2.75, 3.05) is 13.2 Å². The number of aliphatic hydroxyl groups excluding tert-OH is 1. The van der Waals surface area contributed by atoms with Gasteiger partial charge < -0.3 is 15.1 Å². The average Bonchev–Trinajstić information content (AvgIpc) is 3.02. The van der Waals surface area contributed by atoms with Gasteiger partial charge in [-0.2, -0.15) is 0 Å². The molecule has 0 radical (unpaired) electrons. The lowest BCUT2D eigenvalue weighted by molar-refractivity contribution is 0.113. The average molecular weight is 368 g/mol. The number of amides is 1. The molecule has 4 atom stereocenters. The molecule has 1 saturated carbocycles. The molecule has 1 saturated heterocycles. The maximum absolute atomic E-state index is 11.6. The number of halogens is 1. The van der Waals surface area contributed by atoms with Crippen LogP contribution in [0.2, 0.25) is 0 Å². The van der Waals surface area contributed by atoms with Crippen LogP contribution in [0.5, 0.6) is 0 Å². The van der Waals surface area contributed by atoms with Gasteiger partial charge in [0.1, 0.15) is 0 Å². The number of fused-ring (bicyclic) bond motifs is 1. The fourth-order valence-corrected chi connectivity index (χ4v) is 4.84.